The summed E-state index contributed by atoms with van der Waals surface area (Å²) in [6, 6.07) is 10.0. The molecule has 2 unspecified atom stereocenters. The van der Waals surface area contributed by atoms with Gasteiger partial charge in [-0.2, -0.15) is 5.01 Å². The van der Waals surface area contributed by atoms with Crippen LogP contribution in [0.2, 0.25) is 0 Å². The molecule has 2 fully saturated rings. The number of hydrogen-bond donors (Lipinski definition) is 2. The number of hydrogen-bond acceptors (Lipinski definition) is 6. The van der Waals surface area contributed by atoms with E-state index in [0.717, 1.165) is 18.0 Å². The zero-order valence-electron chi connectivity index (χ0n) is 16.0. The van der Waals surface area contributed by atoms with E-state index in [9.17, 15) is 14.4 Å². The van der Waals surface area contributed by atoms with Crippen LogP contribution in [0.15, 0.2) is 48.8 Å². The average molecular weight is 394 g/mol. The summed E-state index contributed by atoms with van der Waals surface area (Å²) in [6.07, 6.45) is 4.76. The highest BCUT2D eigenvalue weighted by Crippen LogP contribution is 2.28. The molecule has 3 heterocycles. The second kappa shape index (κ2) is 7.50. The first kappa shape index (κ1) is 18.9. The molecule has 0 bridgehead atoms. The number of nitrogens with one attached hydrogen (secondary N) is 2. The minimum Gasteiger partial charge on any atom is -0.340 e. The maximum atomic E-state index is 12.9. The minimum absolute atomic E-state index is 0.369. The van der Waals surface area contributed by atoms with Crippen LogP contribution in [0.3, 0.4) is 0 Å². The van der Waals surface area contributed by atoms with Crippen molar-refractivity contribution >= 4 is 23.8 Å². The van der Waals surface area contributed by atoms with E-state index >= 15 is 0 Å². The summed E-state index contributed by atoms with van der Waals surface area (Å²) in [5.74, 6) is -0.694. The van der Waals surface area contributed by atoms with Crippen molar-refractivity contribution in [1.82, 2.24) is 25.7 Å². The molecule has 2 atom stereocenters. The molecule has 2 aliphatic rings. The summed E-state index contributed by atoms with van der Waals surface area (Å²) in [7, 11) is 0. The van der Waals surface area contributed by atoms with Gasteiger partial charge in [-0.15, -0.1) is 0 Å². The fraction of sp³-hybridized carbons (Fsp3) is 0.350. The Kier molecular flexibility index (Phi) is 4.87. The van der Waals surface area contributed by atoms with Crippen LogP contribution in [0.1, 0.15) is 25.3 Å². The Bertz CT molecular complexity index is 922. The van der Waals surface area contributed by atoms with Crippen molar-refractivity contribution in [3.63, 3.8) is 0 Å². The lowest BCUT2D eigenvalue weighted by Crippen LogP contribution is -2.52. The number of anilines is 1. The second-order valence-corrected chi connectivity index (χ2v) is 7.37. The number of carbonyl (C=O) groups is 3. The van der Waals surface area contributed by atoms with Crippen LogP contribution < -0.4 is 15.6 Å². The number of hydrazine groups is 1. The van der Waals surface area contributed by atoms with Crippen LogP contribution in [0.4, 0.5) is 10.7 Å². The van der Waals surface area contributed by atoms with Crippen LogP contribution in [0.25, 0.3) is 0 Å². The van der Waals surface area contributed by atoms with Gasteiger partial charge in [-0.1, -0.05) is 30.3 Å². The average Bonchev–Trinajstić information content (AvgIpc) is 2.99. The van der Waals surface area contributed by atoms with Gasteiger partial charge in [0.25, 0.3) is 5.91 Å². The Morgan fingerprint density at radius 1 is 1.17 bits per heavy atom. The molecule has 9 nitrogen and oxygen atoms in total. The molecule has 2 saturated heterocycles. The molecule has 0 saturated carbocycles. The van der Waals surface area contributed by atoms with Crippen LogP contribution in [-0.4, -0.2) is 45.9 Å². The molecule has 2 aliphatic heterocycles. The third-order valence-corrected chi connectivity index (χ3v) is 5.39. The van der Waals surface area contributed by atoms with Gasteiger partial charge in [0.15, 0.2) is 0 Å². The highest BCUT2D eigenvalue weighted by atomic mass is 16.2. The van der Waals surface area contributed by atoms with Crippen molar-refractivity contribution < 1.29 is 14.4 Å². The van der Waals surface area contributed by atoms with Crippen molar-refractivity contribution in [3.05, 3.63) is 54.4 Å². The molecule has 1 aromatic carbocycles. The van der Waals surface area contributed by atoms with Crippen molar-refractivity contribution in [2.45, 2.75) is 25.3 Å². The fourth-order valence-corrected chi connectivity index (χ4v) is 3.74. The lowest BCUT2D eigenvalue weighted by Gasteiger charge is -2.32. The van der Waals surface area contributed by atoms with Gasteiger partial charge in [0.05, 0.1) is 5.92 Å². The molecule has 29 heavy (non-hydrogen) atoms. The summed E-state index contributed by atoms with van der Waals surface area (Å²) in [5, 5.41) is 3.47. The van der Waals surface area contributed by atoms with E-state index in [4.69, 9.17) is 0 Å². The Balaban J connectivity index is 1.45. The molecular formula is C20H22N6O3. The summed E-state index contributed by atoms with van der Waals surface area (Å²) in [5.41, 5.74) is 1.94. The van der Waals surface area contributed by atoms with E-state index in [0.29, 0.717) is 24.5 Å². The van der Waals surface area contributed by atoms with E-state index in [1.807, 2.05) is 11.0 Å². The van der Waals surface area contributed by atoms with Gasteiger partial charge in [0, 0.05) is 25.5 Å². The smallest absolute Gasteiger partial charge is 0.340 e. The van der Waals surface area contributed by atoms with Gasteiger partial charge in [0.2, 0.25) is 11.9 Å². The maximum absolute atomic E-state index is 12.9. The SMILES string of the molecule is CC1(c2ccccc2)NC(=O)N(NC(=O)C2CCCN(c3ncccn3)C2)C1=O. The van der Waals surface area contributed by atoms with Gasteiger partial charge in [-0.05, 0) is 31.4 Å². The van der Waals surface area contributed by atoms with Gasteiger partial charge in [-0.3, -0.25) is 15.0 Å². The zero-order chi connectivity index (χ0) is 20.4. The van der Waals surface area contributed by atoms with Gasteiger partial charge >= 0.3 is 6.03 Å². The second-order valence-electron chi connectivity index (χ2n) is 7.37. The lowest BCUT2D eigenvalue weighted by molar-refractivity contribution is -0.140. The highest BCUT2D eigenvalue weighted by Gasteiger charge is 2.50. The van der Waals surface area contributed by atoms with Crippen molar-refractivity contribution in [2.75, 3.05) is 18.0 Å². The number of rotatable bonds is 4. The molecule has 0 aliphatic carbocycles. The molecule has 0 spiro atoms. The monoisotopic (exact) mass is 394 g/mol. The van der Waals surface area contributed by atoms with E-state index < -0.39 is 17.5 Å². The zero-order valence-corrected chi connectivity index (χ0v) is 16.0. The number of urea groups is 1. The standard InChI is InChI=1S/C20H22N6O3/c1-20(15-8-3-2-4-9-15)17(28)26(19(29)23-20)24-16(27)14-7-5-12-25(13-14)18-21-10-6-11-22-18/h2-4,6,8-11,14H,5,7,12-13H2,1H3,(H,23,29)(H,24,27). The van der Waals surface area contributed by atoms with Crippen molar-refractivity contribution in [3.8, 4) is 0 Å². The third-order valence-electron chi connectivity index (χ3n) is 5.39. The summed E-state index contributed by atoms with van der Waals surface area (Å²) < 4.78 is 0. The molecule has 0 radical (unpaired) electrons. The molecular weight excluding hydrogens is 372 g/mol. The number of nitrogens with zero attached hydrogens (tertiary/aromatic N) is 4. The van der Waals surface area contributed by atoms with Crippen LogP contribution in [-0.2, 0) is 15.1 Å². The fourth-order valence-electron chi connectivity index (χ4n) is 3.74. The van der Waals surface area contributed by atoms with E-state index in [2.05, 4.69) is 20.7 Å². The number of imide groups is 1. The Labute approximate surface area is 168 Å². The first-order valence-corrected chi connectivity index (χ1v) is 9.54. The topological polar surface area (TPSA) is 108 Å². The van der Waals surface area contributed by atoms with E-state index in [1.165, 1.54) is 0 Å². The summed E-state index contributed by atoms with van der Waals surface area (Å²) in [4.78, 5) is 48.6. The summed E-state index contributed by atoms with van der Waals surface area (Å²) >= 11 is 0. The highest BCUT2D eigenvalue weighted by molar-refractivity contribution is 6.08. The van der Waals surface area contributed by atoms with Gasteiger partial charge < -0.3 is 10.2 Å². The van der Waals surface area contributed by atoms with E-state index in [1.54, 1.807) is 49.6 Å². The quantitative estimate of drug-likeness (QED) is 0.755. The number of benzene rings is 1. The largest absolute Gasteiger partial charge is 0.344 e. The maximum Gasteiger partial charge on any atom is 0.344 e. The van der Waals surface area contributed by atoms with Crippen molar-refractivity contribution in [2.24, 2.45) is 5.92 Å². The molecule has 4 amide bonds. The predicted molar refractivity (Wildman–Crippen MR) is 104 cm³/mol. The Morgan fingerprint density at radius 2 is 1.90 bits per heavy atom. The molecule has 9 heteroatoms. The number of carbonyl (C=O) groups excluding carboxylic acids is 3. The lowest BCUT2D eigenvalue weighted by atomic mass is 9.92. The number of piperidine rings is 1. The first-order valence-electron chi connectivity index (χ1n) is 9.54. The number of amides is 4. The number of aromatic nitrogens is 2. The van der Waals surface area contributed by atoms with E-state index in [-0.39, 0.29) is 11.8 Å². The van der Waals surface area contributed by atoms with Gasteiger partial charge in [0.1, 0.15) is 5.54 Å². The molecule has 4 rings (SSSR count). The Hall–Kier alpha value is -3.49. The normalized spacial score (nSPS) is 24.4. The minimum atomic E-state index is -1.22. The molecule has 150 valence electrons. The third kappa shape index (κ3) is 3.51. The van der Waals surface area contributed by atoms with Crippen molar-refractivity contribution in [1.29, 1.82) is 0 Å². The van der Waals surface area contributed by atoms with Crippen LogP contribution >= 0.6 is 0 Å². The predicted octanol–water partition coefficient (Wildman–Crippen LogP) is 1.19. The molecule has 2 aromatic rings. The molecule has 2 N–H and O–H groups in total. The Morgan fingerprint density at radius 3 is 2.62 bits per heavy atom. The van der Waals surface area contributed by atoms with Crippen LogP contribution in [0, 0.1) is 5.92 Å². The van der Waals surface area contributed by atoms with Crippen LogP contribution in [0.5, 0.6) is 0 Å². The summed E-state index contributed by atoms with van der Waals surface area (Å²) in [6.45, 7) is 2.81. The first-order chi connectivity index (χ1) is 14.0. The molecule has 1 aromatic heterocycles. The van der Waals surface area contributed by atoms with Gasteiger partial charge in [-0.25, -0.2) is 14.8 Å².